The molecule has 2 heterocycles. The van der Waals surface area contributed by atoms with Crippen LogP contribution in [-0.2, 0) is 9.59 Å². The van der Waals surface area contributed by atoms with E-state index in [4.69, 9.17) is 0 Å². The quantitative estimate of drug-likeness (QED) is 0.750. The first-order valence-corrected chi connectivity index (χ1v) is 7.10. The Kier molecular flexibility index (Phi) is 3.29. The van der Waals surface area contributed by atoms with Gasteiger partial charge in [0.15, 0.2) is 0 Å². The SMILES string of the molecule is CC(C)CC1C(=O)NC(=O)CC12CCSC2. The zero-order chi connectivity index (χ0) is 11.8. The van der Waals surface area contributed by atoms with Crippen molar-refractivity contribution in [2.45, 2.75) is 33.1 Å². The molecular formula is C12H19NO2S. The average Bonchev–Trinajstić information content (AvgIpc) is 2.60. The monoisotopic (exact) mass is 241 g/mol. The number of nitrogens with one attached hydrogen (secondary N) is 1. The Morgan fingerprint density at radius 2 is 2.25 bits per heavy atom. The third-order valence-corrected chi connectivity index (χ3v) is 4.94. The van der Waals surface area contributed by atoms with Gasteiger partial charge in [-0.1, -0.05) is 13.8 Å². The summed E-state index contributed by atoms with van der Waals surface area (Å²) in [7, 11) is 0. The van der Waals surface area contributed by atoms with Crippen LogP contribution in [0.5, 0.6) is 0 Å². The molecule has 2 fully saturated rings. The van der Waals surface area contributed by atoms with Gasteiger partial charge < -0.3 is 0 Å². The van der Waals surface area contributed by atoms with Gasteiger partial charge in [0.05, 0.1) is 0 Å². The lowest BCUT2D eigenvalue weighted by molar-refractivity contribution is -0.143. The van der Waals surface area contributed by atoms with Crippen molar-refractivity contribution < 1.29 is 9.59 Å². The normalized spacial score (nSPS) is 34.8. The van der Waals surface area contributed by atoms with Gasteiger partial charge in [0.2, 0.25) is 11.8 Å². The first-order valence-electron chi connectivity index (χ1n) is 5.95. The first-order chi connectivity index (χ1) is 7.53. The highest BCUT2D eigenvalue weighted by Gasteiger charge is 2.49. The molecule has 2 atom stereocenters. The Bertz CT molecular complexity index is 308. The number of hydrogen-bond donors (Lipinski definition) is 1. The van der Waals surface area contributed by atoms with Gasteiger partial charge in [-0.25, -0.2) is 0 Å². The Balaban J connectivity index is 2.22. The van der Waals surface area contributed by atoms with E-state index < -0.39 is 0 Å². The topological polar surface area (TPSA) is 46.2 Å². The summed E-state index contributed by atoms with van der Waals surface area (Å²) in [5.74, 6) is 2.50. The molecule has 0 aromatic rings. The highest BCUT2D eigenvalue weighted by molar-refractivity contribution is 7.99. The lowest BCUT2D eigenvalue weighted by Gasteiger charge is -2.39. The second-order valence-electron chi connectivity index (χ2n) is 5.44. The van der Waals surface area contributed by atoms with Crippen molar-refractivity contribution in [2.24, 2.45) is 17.3 Å². The zero-order valence-corrected chi connectivity index (χ0v) is 10.7. The maximum atomic E-state index is 12.0. The van der Waals surface area contributed by atoms with E-state index in [1.165, 1.54) is 0 Å². The van der Waals surface area contributed by atoms with E-state index in [-0.39, 0.29) is 23.1 Å². The molecule has 2 aliphatic rings. The minimum absolute atomic E-state index is 0.0334. The van der Waals surface area contributed by atoms with Crippen LogP contribution in [0.25, 0.3) is 0 Å². The molecule has 0 aromatic carbocycles. The summed E-state index contributed by atoms with van der Waals surface area (Å²) in [5, 5.41) is 2.50. The number of piperidine rings is 1. The summed E-state index contributed by atoms with van der Waals surface area (Å²) in [6.07, 6.45) is 2.47. The van der Waals surface area contributed by atoms with Crippen LogP contribution >= 0.6 is 11.8 Å². The predicted molar refractivity (Wildman–Crippen MR) is 65.1 cm³/mol. The largest absolute Gasteiger partial charge is 0.296 e. The summed E-state index contributed by atoms with van der Waals surface area (Å²) in [6.45, 7) is 4.28. The van der Waals surface area contributed by atoms with Crippen molar-refractivity contribution in [3.63, 3.8) is 0 Å². The van der Waals surface area contributed by atoms with Crippen LogP contribution in [0.15, 0.2) is 0 Å². The molecule has 2 aliphatic heterocycles. The predicted octanol–water partition coefficient (Wildman–Crippen LogP) is 1.82. The molecule has 90 valence electrons. The molecule has 1 N–H and O–H groups in total. The van der Waals surface area contributed by atoms with Crippen molar-refractivity contribution >= 4 is 23.6 Å². The van der Waals surface area contributed by atoms with Crippen LogP contribution in [0.3, 0.4) is 0 Å². The third-order valence-electron chi connectivity index (χ3n) is 3.67. The van der Waals surface area contributed by atoms with E-state index in [2.05, 4.69) is 19.2 Å². The molecule has 0 bridgehead atoms. The fourth-order valence-corrected chi connectivity index (χ4v) is 4.40. The molecule has 16 heavy (non-hydrogen) atoms. The lowest BCUT2D eigenvalue weighted by atomic mass is 9.67. The molecular weight excluding hydrogens is 222 g/mol. The number of thioether (sulfide) groups is 1. The Morgan fingerprint density at radius 3 is 2.81 bits per heavy atom. The molecule has 3 nitrogen and oxygen atoms in total. The van der Waals surface area contributed by atoms with Crippen LogP contribution in [0.4, 0.5) is 0 Å². The molecule has 0 aromatic heterocycles. The van der Waals surface area contributed by atoms with E-state index >= 15 is 0 Å². The summed E-state index contributed by atoms with van der Waals surface area (Å²) in [4.78, 5) is 23.5. The molecule has 2 unspecified atom stereocenters. The van der Waals surface area contributed by atoms with Crippen LogP contribution < -0.4 is 5.32 Å². The maximum Gasteiger partial charge on any atom is 0.230 e. The summed E-state index contributed by atoms with van der Waals surface area (Å²) >= 11 is 1.88. The van der Waals surface area contributed by atoms with E-state index in [9.17, 15) is 9.59 Å². The Labute approximate surface area is 101 Å². The van der Waals surface area contributed by atoms with Gasteiger partial charge in [0, 0.05) is 23.5 Å². The molecule has 2 amide bonds. The van der Waals surface area contributed by atoms with Gasteiger partial charge in [-0.2, -0.15) is 11.8 Å². The van der Waals surface area contributed by atoms with Crippen molar-refractivity contribution in [1.82, 2.24) is 5.32 Å². The smallest absolute Gasteiger partial charge is 0.230 e. The van der Waals surface area contributed by atoms with Gasteiger partial charge in [-0.05, 0) is 24.5 Å². The van der Waals surface area contributed by atoms with E-state index in [1.54, 1.807) is 0 Å². The minimum Gasteiger partial charge on any atom is -0.296 e. The fourth-order valence-electron chi connectivity index (χ4n) is 2.86. The van der Waals surface area contributed by atoms with Gasteiger partial charge in [0.1, 0.15) is 0 Å². The standard InChI is InChI=1S/C12H19NO2S/c1-8(2)5-9-11(15)13-10(14)6-12(9)3-4-16-7-12/h8-9H,3-7H2,1-2H3,(H,13,14,15). The highest BCUT2D eigenvalue weighted by Crippen LogP contribution is 2.48. The van der Waals surface area contributed by atoms with Crippen LogP contribution in [0, 0.1) is 17.3 Å². The molecule has 2 rings (SSSR count). The summed E-state index contributed by atoms with van der Waals surface area (Å²) in [6, 6.07) is 0. The van der Waals surface area contributed by atoms with E-state index in [0.717, 1.165) is 24.3 Å². The first kappa shape index (κ1) is 12.0. The number of hydrogen-bond acceptors (Lipinski definition) is 3. The number of rotatable bonds is 2. The van der Waals surface area contributed by atoms with Gasteiger partial charge in [-0.3, -0.25) is 14.9 Å². The second-order valence-corrected chi connectivity index (χ2v) is 6.54. The van der Waals surface area contributed by atoms with Gasteiger partial charge >= 0.3 is 0 Å². The minimum atomic E-state index is -0.0764. The average molecular weight is 241 g/mol. The summed E-state index contributed by atoms with van der Waals surface area (Å²) in [5.41, 5.74) is -0.0334. The van der Waals surface area contributed by atoms with Crippen LogP contribution in [0.2, 0.25) is 0 Å². The van der Waals surface area contributed by atoms with Crippen LogP contribution in [0.1, 0.15) is 33.1 Å². The number of carbonyl (C=O) groups excluding carboxylic acids is 2. The number of imide groups is 1. The van der Waals surface area contributed by atoms with E-state index in [0.29, 0.717) is 12.3 Å². The molecule has 0 aliphatic carbocycles. The Morgan fingerprint density at radius 1 is 1.50 bits per heavy atom. The van der Waals surface area contributed by atoms with Crippen molar-refractivity contribution in [1.29, 1.82) is 0 Å². The number of carbonyl (C=O) groups is 2. The second kappa shape index (κ2) is 4.40. The zero-order valence-electron chi connectivity index (χ0n) is 9.91. The van der Waals surface area contributed by atoms with Gasteiger partial charge in [0.25, 0.3) is 0 Å². The molecule has 4 heteroatoms. The van der Waals surface area contributed by atoms with E-state index in [1.807, 2.05) is 11.8 Å². The number of amides is 2. The lowest BCUT2D eigenvalue weighted by Crippen LogP contribution is -2.52. The Hall–Kier alpha value is -0.510. The summed E-state index contributed by atoms with van der Waals surface area (Å²) < 4.78 is 0. The maximum absolute atomic E-state index is 12.0. The molecule has 2 saturated heterocycles. The van der Waals surface area contributed by atoms with Gasteiger partial charge in [-0.15, -0.1) is 0 Å². The van der Waals surface area contributed by atoms with Crippen LogP contribution in [-0.4, -0.2) is 23.3 Å². The van der Waals surface area contributed by atoms with Crippen molar-refractivity contribution in [3.8, 4) is 0 Å². The highest BCUT2D eigenvalue weighted by atomic mass is 32.2. The molecule has 1 spiro atoms. The molecule has 0 saturated carbocycles. The fraction of sp³-hybridized carbons (Fsp3) is 0.833. The molecule has 0 radical (unpaired) electrons. The third kappa shape index (κ3) is 2.12. The van der Waals surface area contributed by atoms with Crippen molar-refractivity contribution in [2.75, 3.05) is 11.5 Å². The van der Waals surface area contributed by atoms with Crippen molar-refractivity contribution in [3.05, 3.63) is 0 Å².